The lowest BCUT2D eigenvalue weighted by molar-refractivity contribution is 0.231. The van der Waals surface area contributed by atoms with E-state index >= 15 is 0 Å². The first-order chi connectivity index (χ1) is 12.6. The average Bonchev–Trinajstić information content (AvgIpc) is 3.05. The maximum atomic E-state index is 6.07. The van der Waals surface area contributed by atoms with Gasteiger partial charge in [0.2, 0.25) is 0 Å². The van der Waals surface area contributed by atoms with Gasteiger partial charge in [-0.25, -0.2) is 9.50 Å². The van der Waals surface area contributed by atoms with Crippen molar-refractivity contribution < 1.29 is 0 Å². The fraction of sp³-hybridized carbons (Fsp3) is 0.400. The number of hydrogen-bond acceptors (Lipinski definition) is 4. The van der Waals surface area contributed by atoms with Crippen molar-refractivity contribution in [2.75, 3.05) is 37.6 Å². The average molecular weight is 370 g/mol. The smallest absolute Gasteiger partial charge is 0.154 e. The summed E-state index contributed by atoms with van der Waals surface area (Å²) in [5, 5.41) is 4.86. The van der Waals surface area contributed by atoms with Crippen LogP contribution >= 0.6 is 11.6 Å². The zero-order chi connectivity index (χ0) is 18.1. The highest BCUT2D eigenvalue weighted by atomic mass is 35.5. The van der Waals surface area contributed by atoms with E-state index in [0.29, 0.717) is 5.15 Å². The third-order valence-electron chi connectivity index (χ3n) is 4.83. The molecule has 0 spiro atoms. The molecule has 26 heavy (non-hydrogen) atoms. The van der Waals surface area contributed by atoms with Gasteiger partial charge in [-0.05, 0) is 30.2 Å². The van der Waals surface area contributed by atoms with Gasteiger partial charge in [-0.1, -0.05) is 37.6 Å². The normalized spacial score (nSPS) is 15.9. The van der Waals surface area contributed by atoms with Crippen molar-refractivity contribution >= 4 is 22.9 Å². The second-order valence-electron chi connectivity index (χ2n) is 7.30. The molecular formula is C20H24ClN5. The Morgan fingerprint density at radius 3 is 2.65 bits per heavy atom. The molecule has 1 aromatic carbocycles. The molecule has 0 N–H and O–H groups in total. The molecule has 0 amide bonds. The summed E-state index contributed by atoms with van der Waals surface area (Å²) in [6.07, 6.45) is 1.86. The summed E-state index contributed by atoms with van der Waals surface area (Å²) < 4.78 is 1.81. The van der Waals surface area contributed by atoms with Crippen LogP contribution in [0.4, 0.5) is 5.69 Å². The second-order valence-corrected chi connectivity index (χ2v) is 7.69. The maximum absolute atomic E-state index is 6.07. The first kappa shape index (κ1) is 17.3. The predicted octanol–water partition coefficient (Wildman–Crippen LogP) is 3.83. The molecule has 5 nitrogen and oxygen atoms in total. The number of aromatic nitrogens is 3. The van der Waals surface area contributed by atoms with E-state index in [1.807, 2.05) is 16.8 Å². The highest BCUT2D eigenvalue weighted by molar-refractivity contribution is 6.29. The van der Waals surface area contributed by atoms with Crippen LogP contribution in [0.15, 0.2) is 42.6 Å². The molecule has 0 aliphatic carbocycles. The Labute approximate surface area is 159 Å². The molecule has 1 fully saturated rings. The number of anilines is 1. The Morgan fingerprint density at radius 1 is 1.08 bits per heavy atom. The van der Waals surface area contributed by atoms with Crippen LogP contribution in [0.1, 0.15) is 13.8 Å². The third-order valence-corrected chi connectivity index (χ3v) is 5.03. The molecule has 0 saturated carbocycles. The quantitative estimate of drug-likeness (QED) is 0.700. The molecule has 1 aliphatic rings. The van der Waals surface area contributed by atoms with Gasteiger partial charge in [0.25, 0.3) is 0 Å². The van der Waals surface area contributed by atoms with Crippen LogP contribution in [0.3, 0.4) is 0 Å². The largest absolute Gasteiger partial charge is 0.369 e. The zero-order valence-electron chi connectivity index (χ0n) is 15.3. The number of benzene rings is 1. The second kappa shape index (κ2) is 7.25. The van der Waals surface area contributed by atoms with Crippen molar-refractivity contribution in [1.29, 1.82) is 0 Å². The summed E-state index contributed by atoms with van der Waals surface area (Å²) in [5.41, 5.74) is 4.12. The number of nitrogens with zero attached hydrogens (tertiary/aromatic N) is 5. The molecule has 1 saturated heterocycles. The molecule has 0 unspecified atom stereocenters. The summed E-state index contributed by atoms with van der Waals surface area (Å²) >= 11 is 6.07. The van der Waals surface area contributed by atoms with Crippen LogP contribution in [-0.4, -0.2) is 52.2 Å². The van der Waals surface area contributed by atoms with E-state index < -0.39 is 0 Å². The van der Waals surface area contributed by atoms with Crippen LogP contribution in [0.5, 0.6) is 0 Å². The minimum absolute atomic E-state index is 0.467. The van der Waals surface area contributed by atoms with Gasteiger partial charge >= 0.3 is 0 Å². The van der Waals surface area contributed by atoms with Crippen molar-refractivity contribution in [2.24, 2.45) is 5.92 Å². The van der Waals surface area contributed by atoms with Gasteiger partial charge in [0.15, 0.2) is 5.65 Å². The van der Waals surface area contributed by atoms with Gasteiger partial charge in [0.05, 0.1) is 11.9 Å². The lowest BCUT2D eigenvalue weighted by Gasteiger charge is -2.37. The van der Waals surface area contributed by atoms with Crippen LogP contribution in [0, 0.1) is 5.92 Å². The highest BCUT2D eigenvalue weighted by Crippen LogP contribution is 2.26. The molecule has 136 valence electrons. The van der Waals surface area contributed by atoms with Crippen molar-refractivity contribution in [3.63, 3.8) is 0 Å². The van der Waals surface area contributed by atoms with Crippen LogP contribution in [0.25, 0.3) is 16.9 Å². The van der Waals surface area contributed by atoms with E-state index in [0.717, 1.165) is 49.0 Å². The summed E-state index contributed by atoms with van der Waals surface area (Å²) in [5.74, 6) is 0.722. The number of imidazole rings is 1. The Hall–Kier alpha value is -2.11. The minimum Gasteiger partial charge on any atom is -0.369 e. The molecule has 4 rings (SSSR count). The van der Waals surface area contributed by atoms with Gasteiger partial charge in [0.1, 0.15) is 5.15 Å². The molecule has 0 bridgehead atoms. The Kier molecular flexibility index (Phi) is 4.83. The van der Waals surface area contributed by atoms with Crippen LogP contribution in [-0.2, 0) is 0 Å². The number of fused-ring (bicyclic) bond motifs is 1. The van der Waals surface area contributed by atoms with Crippen molar-refractivity contribution in [3.8, 4) is 11.3 Å². The summed E-state index contributed by atoms with van der Waals surface area (Å²) in [4.78, 5) is 9.46. The molecule has 6 heteroatoms. The van der Waals surface area contributed by atoms with E-state index in [-0.39, 0.29) is 0 Å². The fourth-order valence-electron chi connectivity index (χ4n) is 3.61. The van der Waals surface area contributed by atoms with Crippen LogP contribution in [0.2, 0.25) is 5.15 Å². The monoisotopic (exact) mass is 369 g/mol. The van der Waals surface area contributed by atoms with Crippen LogP contribution < -0.4 is 4.90 Å². The SMILES string of the molecule is CC(C)CN1CCN(c2cccc(-c3cnc4ccc(Cl)nn34)c2)CC1. The molecule has 0 atom stereocenters. The molecule has 3 aromatic rings. The standard InChI is InChI=1S/C20H24ClN5/c1-15(2)14-24-8-10-25(11-9-24)17-5-3-4-16(12-17)18-13-22-20-7-6-19(21)23-26(18)20/h3-7,12-13,15H,8-11,14H2,1-2H3. The van der Waals surface area contributed by atoms with Crippen molar-refractivity contribution in [2.45, 2.75) is 13.8 Å². The van der Waals surface area contributed by atoms with E-state index in [1.54, 1.807) is 6.07 Å². The number of hydrogen-bond donors (Lipinski definition) is 0. The van der Waals surface area contributed by atoms with Crippen molar-refractivity contribution in [1.82, 2.24) is 19.5 Å². The minimum atomic E-state index is 0.467. The zero-order valence-corrected chi connectivity index (χ0v) is 16.0. The van der Waals surface area contributed by atoms with E-state index in [2.05, 4.69) is 58.0 Å². The van der Waals surface area contributed by atoms with E-state index in [1.165, 1.54) is 12.2 Å². The third kappa shape index (κ3) is 3.55. The summed E-state index contributed by atoms with van der Waals surface area (Å²) in [6.45, 7) is 10.1. The molecule has 1 aliphatic heterocycles. The van der Waals surface area contributed by atoms with Gasteiger partial charge in [-0.3, -0.25) is 4.90 Å². The van der Waals surface area contributed by atoms with E-state index in [4.69, 9.17) is 11.6 Å². The number of halogens is 1. The molecular weight excluding hydrogens is 346 g/mol. The Morgan fingerprint density at radius 2 is 1.88 bits per heavy atom. The van der Waals surface area contributed by atoms with Gasteiger partial charge in [-0.2, -0.15) is 5.10 Å². The predicted molar refractivity (Wildman–Crippen MR) is 107 cm³/mol. The van der Waals surface area contributed by atoms with Crippen molar-refractivity contribution in [3.05, 3.63) is 47.7 Å². The number of piperazine rings is 1. The Balaban J connectivity index is 1.56. The first-order valence-electron chi connectivity index (χ1n) is 9.18. The highest BCUT2D eigenvalue weighted by Gasteiger charge is 2.18. The molecule has 2 aromatic heterocycles. The van der Waals surface area contributed by atoms with Gasteiger partial charge in [0, 0.05) is 44.0 Å². The lowest BCUT2D eigenvalue weighted by atomic mass is 10.1. The fourth-order valence-corrected chi connectivity index (χ4v) is 3.75. The first-order valence-corrected chi connectivity index (χ1v) is 9.56. The molecule has 3 heterocycles. The Bertz CT molecular complexity index is 896. The molecule has 0 radical (unpaired) electrons. The van der Waals surface area contributed by atoms with Gasteiger partial charge in [-0.15, -0.1) is 0 Å². The van der Waals surface area contributed by atoms with E-state index in [9.17, 15) is 0 Å². The topological polar surface area (TPSA) is 36.7 Å². The summed E-state index contributed by atoms with van der Waals surface area (Å²) in [6, 6.07) is 12.3. The lowest BCUT2D eigenvalue weighted by Crippen LogP contribution is -2.47. The number of rotatable bonds is 4. The van der Waals surface area contributed by atoms with Gasteiger partial charge < -0.3 is 4.90 Å². The summed E-state index contributed by atoms with van der Waals surface area (Å²) in [7, 11) is 0. The maximum Gasteiger partial charge on any atom is 0.154 e.